The number of nitrogens with one attached hydrogen (secondary N) is 1. The Balaban J connectivity index is 1.75. The van der Waals surface area contributed by atoms with Gasteiger partial charge in [-0.05, 0) is 46.0 Å². The first-order valence-corrected chi connectivity index (χ1v) is 7.44. The van der Waals surface area contributed by atoms with Crippen molar-refractivity contribution < 1.29 is 19.0 Å². The Morgan fingerprint density at radius 2 is 1.80 bits per heavy atom. The molecule has 1 amide bonds. The lowest BCUT2D eigenvalue weighted by atomic mass is 9.73. The molecular weight excluding hydrogens is 258 g/mol. The summed E-state index contributed by atoms with van der Waals surface area (Å²) in [6.45, 7) is 10.3. The van der Waals surface area contributed by atoms with E-state index in [0.29, 0.717) is 6.54 Å². The molecule has 0 bridgehead atoms. The smallest absolute Gasteiger partial charge is 0.407 e. The number of hydrogen-bond donors (Lipinski definition) is 1. The van der Waals surface area contributed by atoms with Crippen molar-refractivity contribution >= 4 is 6.09 Å². The van der Waals surface area contributed by atoms with Crippen LogP contribution in [0.3, 0.4) is 0 Å². The summed E-state index contributed by atoms with van der Waals surface area (Å²) in [5, 5.41) is 2.88. The Hall–Kier alpha value is -0.810. The Morgan fingerprint density at radius 1 is 1.25 bits per heavy atom. The number of amides is 1. The third kappa shape index (κ3) is 3.85. The standard InChI is InChI=1S/C15H27NO4/c1-11-18-15(19-11)8-6-14(5,7-9-15)10-16-12(17)20-13(2,3)4/h11H,6-10H2,1-5H3,(H,16,17). The molecule has 1 saturated carbocycles. The number of hydrogen-bond acceptors (Lipinski definition) is 4. The van der Waals surface area contributed by atoms with Gasteiger partial charge in [0, 0.05) is 19.4 Å². The van der Waals surface area contributed by atoms with Gasteiger partial charge in [-0.2, -0.15) is 0 Å². The van der Waals surface area contributed by atoms with Crippen molar-refractivity contribution in [2.45, 2.75) is 78.0 Å². The molecular formula is C15H27NO4. The highest BCUT2D eigenvalue weighted by molar-refractivity contribution is 5.67. The fourth-order valence-electron chi connectivity index (χ4n) is 2.86. The van der Waals surface area contributed by atoms with Crippen molar-refractivity contribution in [3.05, 3.63) is 0 Å². The summed E-state index contributed by atoms with van der Waals surface area (Å²) in [5.74, 6) is -0.342. The molecule has 1 saturated heterocycles. The fourth-order valence-corrected chi connectivity index (χ4v) is 2.86. The highest BCUT2D eigenvalue weighted by Crippen LogP contribution is 2.47. The van der Waals surface area contributed by atoms with Crippen LogP contribution in [0, 0.1) is 5.41 Å². The molecule has 20 heavy (non-hydrogen) atoms. The number of carbonyl (C=O) groups is 1. The molecule has 0 atom stereocenters. The molecule has 0 aromatic carbocycles. The van der Waals surface area contributed by atoms with Crippen LogP contribution in [0.4, 0.5) is 4.79 Å². The molecule has 5 heteroatoms. The number of alkyl carbamates (subject to hydrolysis) is 1. The lowest BCUT2D eigenvalue weighted by molar-refractivity contribution is -0.456. The van der Waals surface area contributed by atoms with Crippen molar-refractivity contribution in [1.29, 1.82) is 0 Å². The van der Waals surface area contributed by atoms with Crippen LogP contribution in [-0.2, 0) is 14.2 Å². The first-order valence-electron chi connectivity index (χ1n) is 7.44. The molecule has 0 aromatic heterocycles. The van der Waals surface area contributed by atoms with Crippen LogP contribution >= 0.6 is 0 Å². The highest BCUT2D eigenvalue weighted by Gasteiger charge is 2.49. The highest BCUT2D eigenvalue weighted by atomic mass is 16.9. The van der Waals surface area contributed by atoms with Gasteiger partial charge in [0.15, 0.2) is 12.1 Å². The molecule has 1 spiro atoms. The SMILES string of the molecule is CC1OC2(CCC(C)(CNC(=O)OC(C)(C)C)CC2)O1. The zero-order valence-electron chi connectivity index (χ0n) is 13.2. The van der Waals surface area contributed by atoms with Crippen LogP contribution in [0.25, 0.3) is 0 Å². The first-order chi connectivity index (χ1) is 9.12. The summed E-state index contributed by atoms with van der Waals surface area (Å²) in [5.41, 5.74) is -0.362. The second-order valence-corrected chi connectivity index (χ2v) is 7.38. The van der Waals surface area contributed by atoms with Crippen molar-refractivity contribution in [2.75, 3.05) is 6.54 Å². The minimum absolute atomic E-state index is 0.0701. The average molecular weight is 285 g/mol. The summed E-state index contributed by atoms with van der Waals surface area (Å²) in [7, 11) is 0. The van der Waals surface area contributed by atoms with Gasteiger partial charge < -0.3 is 19.5 Å². The number of carbonyl (C=O) groups excluding carboxylic acids is 1. The lowest BCUT2D eigenvalue weighted by Gasteiger charge is -2.52. The maximum absolute atomic E-state index is 11.7. The normalized spacial score (nSPS) is 37.4. The van der Waals surface area contributed by atoms with Crippen LogP contribution in [0.1, 0.15) is 60.3 Å². The molecule has 1 aliphatic heterocycles. The van der Waals surface area contributed by atoms with E-state index in [9.17, 15) is 4.79 Å². The average Bonchev–Trinajstić information content (AvgIpc) is 2.27. The van der Waals surface area contributed by atoms with Crippen LogP contribution in [0.2, 0.25) is 0 Å². The molecule has 5 nitrogen and oxygen atoms in total. The summed E-state index contributed by atoms with van der Waals surface area (Å²) >= 11 is 0. The van der Waals surface area contributed by atoms with Crippen molar-refractivity contribution in [3.63, 3.8) is 0 Å². The van der Waals surface area contributed by atoms with E-state index in [1.54, 1.807) is 0 Å². The van der Waals surface area contributed by atoms with E-state index < -0.39 is 5.60 Å². The second-order valence-electron chi connectivity index (χ2n) is 7.38. The van der Waals surface area contributed by atoms with E-state index in [0.717, 1.165) is 25.7 Å². The number of rotatable bonds is 2. The zero-order valence-corrected chi connectivity index (χ0v) is 13.2. The van der Waals surface area contributed by atoms with Crippen molar-refractivity contribution in [3.8, 4) is 0 Å². The van der Waals surface area contributed by atoms with Gasteiger partial charge in [0.2, 0.25) is 0 Å². The summed E-state index contributed by atoms with van der Waals surface area (Å²) < 4.78 is 16.7. The molecule has 2 aliphatic rings. The van der Waals surface area contributed by atoms with Crippen LogP contribution < -0.4 is 5.32 Å². The van der Waals surface area contributed by atoms with E-state index in [1.807, 2.05) is 27.7 Å². The molecule has 1 aliphatic carbocycles. The van der Waals surface area contributed by atoms with Crippen LogP contribution in [0.15, 0.2) is 0 Å². The molecule has 1 N–H and O–H groups in total. The molecule has 0 aromatic rings. The maximum Gasteiger partial charge on any atom is 0.407 e. The quantitative estimate of drug-likeness (QED) is 0.846. The van der Waals surface area contributed by atoms with E-state index in [4.69, 9.17) is 14.2 Å². The summed E-state index contributed by atoms with van der Waals surface area (Å²) in [4.78, 5) is 11.7. The molecule has 2 fully saturated rings. The van der Waals surface area contributed by atoms with Gasteiger partial charge in [-0.3, -0.25) is 0 Å². The molecule has 0 unspecified atom stereocenters. The van der Waals surface area contributed by atoms with E-state index in [2.05, 4.69) is 12.2 Å². The van der Waals surface area contributed by atoms with E-state index in [-0.39, 0.29) is 23.6 Å². The topological polar surface area (TPSA) is 56.8 Å². The largest absolute Gasteiger partial charge is 0.444 e. The third-order valence-corrected chi connectivity index (χ3v) is 4.04. The van der Waals surface area contributed by atoms with Gasteiger partial charge in [-0.15, -0.1) is 0 Å². The Morgan fingerprint density at radius 3 is 2.25 bits per heavy atom. The van der Waals surface area contributed by atoms with Gasteiger partial charge in [-0.25, -0.2) is 4.79 Å². The minimum Gasteiger partial charge on any atom is -0.444 e. The van der Waals surface area contributed by atoms with Crippen LogP contribution in [0.5, 0.6) is 0 Å². The summed E-state index contributed by atoms with van der Waals surface area (Å²) in [6, 6.07) is 0. The number of ether oxygens (including phenoxy) is 3. The predicted octanol–water partition coefficient (Wildman–Crippen LogP) is 3.18. The van der Waals surface area contributed by atoms with E-state index >= 15 is 0 Å². The van der Waals surface area contributed by atoms with Crippen LogP contribution in [-0.4, -0.2) is 30.3 Å². The minimum atomic E-state index is -0.453. The monoisotopic (exact) mass is 285 g/mol. The van der Waals surface area contributed by atoms with E-state index in [1.165, 1.54) is 0 Å². The maximum atomic E-state index is 11.7. The fraction of sp³-hybridized carbons (Fsp3) is 0.933. The Labute approximate surface area is 121 Å². The summed E-state index contributed by atoms with van der Waals surface area (Å²) in [6.07, 6.45) is 3.33. The molecule has 2 rings (SSSR count). The van der Waals surface area contributed by atoms with Gasteiger partial charge in [0.25, 0.3) is 0 Å². The van der Waals surface area contributed by atoms with Crippen molar-refractivity contribution in [2.24, 2.45) is 5.41 Å². The van der Waals surface area contributed by atoms with Gasteiger partial charge in [0.05, 0.1) is 0 Å². The second kappa shape index (κ2) is 5.19. The molecule has 1 heterocycles. The predicted molar refractivity (Wildman–Crippen MR) is 75.2 cm³/mol. The lowest BCUT2D eigenvalue weighted by Crippen LogP contribution is -2.56. The third-order valence-electron chi connectivity index (χ3n) is 4.04. The molecule has 116 valence electrons. The van der Waals surface area contributed by atoms with Gasteiger partial charge in [0.1, 0.15) is 5.60 Å². The van der Waals surface area contributed by atoms with Gasteiger partial charge >= 0.3 is 6.09 Å². The Kier molecular flexibility index (Phi) is 4.04. The zero-order chi connectivity index (χ0) is 15.0. The molecule has 0 radical (unpaired) electrons. The van der Waals surface area contributed by atoms with Gasteiger partial charge in [-0.1, -0.05) is 6.92 Å². The van der Waals surface area contributed by atoms with Crippen molar-refractivity contribution in [1.82, 2.24) is 5.32 Å². The first kappa shape index (κ1) is 15.6. The Bertz CT molecular complexity index is 359.